The summed E-state index contributed by atoms with van der Waals surface area (Å²) in [5.41, 5.74) is 8.44. The molecule has 0 saturated heterocycles. The molecule has 0 radical (unpaired) electrons. The molecule has 5 nitrogen and oxygen atoms in total. The van der Waals surface area contributed by atoms with Crippen molar-refractivity contribution in [3.63, 3.8) is 0 Å². The van der Waals surface area contributed by atoms with Crippen molar-refractivity contribution in [2.24, 2.45) is 5.73 Å². The Balaban J connectivity index is 1.64. The third-order valence-electron chi connectivity index (χ3n) is 3.99. The van der Waals surface area contributed by atoms with E-state index in [1.54, 1.807) is 24.4 Å². The Bertz CT molecular complexity index is 952. The molecule has 1 aromatic carbocycles. The molecule has 0 aliphatic carbocycles. The number of amides is 1. The molecule has 0 aliphatic heterocycles. The van der Waals surface area contributed by atoms with Gasteiger partial charge >= 0.3 is 0 Å². The predicted molar refractivity (Wildman–Crippen MR) is 106 cm³/mol. The summed E-state index contributed by atoms with van der Waals surface area (Å²) in [6.07, 6.45) is 7.35. The van der Waals surface area contributed by atoms with Crippen molar-refractivity contribution >= 4 is 46.2 Å². The number of aromatic nitrogens is 2. The lowest BCUT2D eigenvalue weighted by atomic mass is 10.1. The molecule has 7 heteroatoms. The summed E-state index contributed by atoms with van der Waals surface area (Å²) in [5, 5.41) is 4.85. The fraction of sp³-hybridized carbons (Fsp3) is 0.158. The van der Waals surface area contributed by atoms with E-state index in [0.717, 1.165) is 22.2 Å². The van der Waals surface area contributed by atoms with Crippen LogP contribution in [-0.4, -0.2) is 28.5 Å². The number of halogens is 2. The minimum atomic E-state index is -0.209. The molecule has 2 heterocycles. The molecule has 1 atom stereocenters. The van der Waals surface area contributed by atoms with Crippen LogP contribution in [0.25, 0.3) is 17.1 Å². The molecule has 0 spiro atoms. The number of nitrogens with zero attached hydrogens (tertiary/aromatic N) is 1. The Labute approximate surface area is 161 Å². The summed E-state index contributed by atoms with van der Waals surface area (Å²) in [7, 11) is 0. The summed E-state index contributed by atoms with van der Waals surface area (Å²) in [6, 6.07) is 9.00. The Morgan fingerprint density at radius 1 is 1.31 bits per heavy atom. The van der Waals surface area contributed by atoms with E-state index in [0.29, 0.717) is 23.0 Å². The van der Waals surface area contributed by atoms with Crippen molar-refractivity contribution in [3.8, 4) is 0 Å². The third kappa shape index (κ3) is 4.43. The third-order valence-corrected chi connectivity index (χ3v) is 4.73. The van der Waals surface area contributed by atoms with Gasteiger partial charge < -0.3 is 16.0 Å². The highest BCUT2D eigenvalue weighted by molar-refractivity contribution is 6.42. The SMILES string of the molecule is NC[C@H](Cc1ccc(Cl)c(Cl)c1)NC(=O)/C=C/c1c[nH]c2ncccc12. The van der Waals surface area contributed by atoms with Crippen LogP contribution in [-0.2, 0) is 11.2 Å². The fourth-order valence-electron chi connectivity index (χ4n) is 2.67. The number of benzene rings is 1. The molecule has 4 N–H and O–H groups in total. The molecule has 0 aliphatic rings. The van der Waals surface area contributed by atoms with E-state index < -0.39 is 0 Å². The van der Waals surface area contributed by atoms with Crippen LogP contribution in [0.3, 0.4) is 0 Å². The van der Waals surface area contributed by atoms with Gasteiger partial charge in [-0.25, -0.2) is 4.98 Å². The molecule has 0 bridgehead atoms. The van der Waals surface area contributed by atoms with Gasteiger partial charge in [-0.15, -0.1) is 0 Å². The van der Waals surface area contributed by atoms with E-state index in [4.69, 9.17) is 28.9 Å². The average molecular weight is 389 g/mol. The number of nitrogens with two attached hydrogens (primary N) is 1. The van der Waals surface area contributed by atoms with Gasteiger partial charge in [0, 0.05) is 42.0 Å². The number of H-pyrrole nitrogens is 1. The minimum absolute atomic E-state index is 0.200. The molecule has 0 unspecified atom stereocenters. The molecule has 1 amide bonds. The maximum Gasteiger partial charge on any atom is 0.244 e. The van der Waals surface area contributed by atoms with Crippen molar-refractivity contribution in [1.82, 2.24) is 15.3 Å². The highest BCUT2D eigenvalue weighted by Crippen LogP contribution is 2.23. The van der Waals surface area contributed by atoms with E-state index in [1.807, 2.05) is 24.4 Å². The van der Waals surface area contributed by atoms with Crippen LogP contribution in [0, 0.1) is 0 Å². The largest absolute Gasteiger partial charge is 0.348 e. The summed E-state index contributed by atoms with van der Waals surface area (Å²) in [5.74, 6) is -0.209. The molecular weight excluding hydrogens is 371 g/mol. The number of hydrogen-bond acceptors (Lipinski definition) is 3. The van der Waals surface area contributed by atoms with Gasteiger partial charge in [0.25, 0.3) is 0 Å². The van der Waals surface area contributed by atoms with Crippen LogP contribution in [0.1, 0.15) is 11.1 Å². The van der Waals surface area contributed by atoms with E-state index in [9.17, 15) is 4.79 Å². The van der Waals surface area contributed by atoms with Gasteiger partial charge in [0.2, 0.25) is 5.91 Å². The standard InChI is InChI=1S/C19H18Cl2N4O/c20-16-5-3-12(9-17(16)21)8-14(10-22)25-18(26)6-4-13-11-24-19-15(13)2-1-7-23-19/h1-7,9,11,14H,8,10,22H2,(H,23,24)(H,25,26)/b6-4+/t14-/m0/s1. The number of aromatic amines is 1. The van der Waals surface area contributed by atoms with E-state index >= 15 is 0 Å². The fourth-order valence-corrected chi connectivity index (χ4v) is 2.99. The second-order valence-electron chi connectivity index (χ2n) is 5.87. The molecular formula is C19H18Cl2N4O. The molecule has 26 heavy (non-hydrogen) atoms. The van der Waals surface area contributed by atoms with Crippen molar-refractivity contribution < 1.29 is 4.79 Å². The van der Waals surface area contributed by atoms with Crippen molar-refractivity contribution in [2.75, 3.05) is 6.54 Å². The van der Waals surface area contributed by atoms with Crippen LogP contribution < -0.4 is 11.1 Å². The molecule has 3 rings (SSSR count). The summed E-state index contributed by atoms with van der Waals surface area (Å²) < 4.78 is 0. The summed E-state index contributed by atoms with van der Waals surface area (Å²) >= 11 is 12.0. The monoisotopic (exact) mass is 388 g/mol. The number of hydrogen-bond donors (Lipinski definition) is 3. The van der Waals surface area contributed by atoms with Gasteiger partial charge in [-0.3, -0.25) is 4.79 Å². The van der Waals surface area contributed by atoms with Gasteiger partial charge in [0.1, 0.15) is 5.65 Å². The lowest BCUT2D eigenvalue weighted by molar-refractivity contribution is -0.117. The normalized spacial score (nSPS) is 12.6. The Morgan fingerprint density at radius 2 is 2.15 bits per heavy atom. The Morgan fingerprint density at radius 3 is 2.92 bits per heavy atom. The zero-order valence-electron chi connectivity index (χ0n) is 13.9. The van der Waals surface area contributed by atoms with Gasteiger partial charge in [-0.05, 0) is 42.3 Å². The lowest BCUT2D eigenvalue weighted by Gasteiger charge is -2.16. The van der Waals surface area contributed by atoms with E-state index in [1.165, 1.54) is 6.08 Å². The molecule has 0 fully saturated rings. The highest BCUT2D eigenvalue weighted by Gasteiger charge is 2.11. The van der Waals surface area contributed by atoms with E-state index in [2.05, 4.69) is 15.3 Å². The van der Waals surface area contributed by atoms with Crippen LogP contribution in [0.5, 0.6) is 0 Å². The second kappa shape index (κ2) is 8.36. The number of carbonyl (C=O) groups excluding carboxylic acids is 1. The minimum Gasteiger partial charge on any atom is -0.348 e. The Kier molecular flexibility index (Phi) is 5.93. The average Bonchev–Trinajstić information content (AvgIpc) is 3.05. The van der Waals surface area contributed by atoms with E-state index in [-0.39, 0.29) is 11.9 Å². The Hall–Kier alpha value is -2.34. The van der Waals surface area contributed by atoms with Crippen molar-refractivity contribution in [3.05, 3.63) is 70.0 Å². The topological polar surface area (TPSA) is 83.8 Å². The zero-order chi connectivity index (χ0) is 18.5. The van der Waals surface area contributed by atoms with Crippen LogP contribution in [0.4, 0.5) is 0 Å². The lowest BCUT2D eigenvalue weighted by Crippen LogP contribution is -2.40. The number of rotatable bonds is 6. The smallest absolute Gasteiger partial charge is 0.244 e. The number of carbonyl (C=O) groups is 1. The first-order valence-corrected chi connectivity index (χ1v) is 8.87. The molecule has 2 aromatic heterocycles. The van der Waals surface area contributed by atoms with Crippen LogP contribution in [0.2, 0.25) is 10.0 Å². The van der Waals surface area contributed by atoms with Crippen LogP contribution in [0.15, 0.2) is 48.8 Å². The number of pyridine rings is 1. The van der Waals surface area contributed by atoms with Gasteiger partial charge in [-0.2, -0.15) is 0 Å². The maximum absolute atomic E-state index is 12.2. The van der Waals surface area contributed by atoms with Gasteiger partial charge in [-0.1, -0.05) is 29.3 Å². The molecule has 3 aromatic rings. The first-order valence-electron chi connectivity index (χ1n) is 8.11. The highest BCUT2D eigenvalue weighted by atomic mass is 35.5. The summed E-state index contributed by atoms with van der Waals surface area (Å²) in [4.78, 5) is 19.5. The second-order valence-corrected chi connectivity index (χ2v) is 6.69. The zero-order valence-corrected chi connectivity index (χ0v) is 15.4. The molecule has 0 saturated carbocycles. The van der Waals surface area contributed by atoms with Crippen molar-refractivity contribution in [1.29, 1.82) is 0 Å². The molecule has 134 valence electrons. The van der Waals surface area contributed by atoms with Gasteiger partial charge in [0.05, 0.1) is 10.0 Å². The number of nitrogens with one attached hydrogen (secondary N) is 2. The number of fused-ring (bicyclic) bond motifs is 1. The van der Waals surface area contributed by atoms with Gasteiger partial charge in [0.15, 0.2) is 0 Å². The predicted octanol–water partition coefficient (Wildman–Crippen LogP) is 3.57. The van der Waals surface area contributed by atoms with Crippen LogP contribution >= 0.6 is 23.2 Å². The van der Waals surface area contributed by atoms with Crippen molar-refractivity contribution in [2.45, 2.75) is 12.5 Å². The maximum atomic E-state index is 12.2. The summed E-state index contributed by atoms with van der Waals surface area (Å²) in [6.45, 7) is 0.316. The quantitative estimate of drug-likeness (QED) is 0.564. The first kappa shape index (κ1) is 18.5. The first-order chi connectivity index (χ1) is 12.6.